The van der Waals surface area contributed by atoms with Gasteiger partial charge in [-0.05, 0) is 56.0 Å². The lowest BCUT2D eigenvalue weighted by atomic mass is 9.92. The number of halogens is 1. The summed E-state index contributed by atoms with van der Waals surface area (Å²) in [5.41, 5.74) is 0.777. The van der Waals surface area contributed by atoms with Crippen LogP contribution in [0.2, 0.25) is 0 Å². The van der Waals surface area contributed by atoms with E-state index in [1.54, 1.807) is 12.1 Å². The Morgan fingerprint density at radius 1 is 1.39 bits per heavy atom. The summed E-state index contributed by atoms with van der Waals surface area (Å²) in [7, 11) is 0. The SMILES string of the molecule is O=C(Nc1cccc(F)c1)[C@H]1CC12CCNCC2. The Balaban J connectivity index is 1.63. The van der Waals surface area contributed by atoms with Gasteiger partial charge in [-0.2, -0.15) is 0 Å². The fourth-order valence-electron chi connectivity index (χ4n) is 2.99. The lowest BCUT2D eigenvalue weighted by Gasteiger charge is -2.23. The second kappa shape index (κ2) is 4.35. The van der Waals surface area contributed by atoms with E-state index in [9.17, 15) is 9.18 Å². The van der Waals surface area contributed by atoms with Crippen LogP contribution in [0.15, 0.2) is 24.3 Å². The highest BCUT2D eigenvalue weighted by atomic mass is 19.1. The Morgan fingerprint density at radius 2 is 2.17 bits per heavy atom. The van der Waals surface area contributed by atoms with Crippen molar-refractivity contribution in [2.45, 2.75) is 19.3 Å². The number of hydrogen-bond acceptors (Lipinski definition) is 2. The van der Waals surface area contributed by atoms with Crippen LogP contribution in [0.3, 0.4) is 0 Å². The zero-order valence-electron chi connectivity index (χ0n) is 10.2. The second-order valence-corrected chi connectivity index (χ2v) is 5.37. The Bertz CT molecular complexity index is 469. The van der Waals surface area contributed by atoms with Gasteiger partial charge in [-0.25, -0.2) is 4.39 Å². The van der Waals surface area contributed by atoms with E-state index in [-0.39, 0.29) is 23.1 Å². The summed E-state index contributed by atoms with van der Waals surface area (Å²) in [6.45, 7) is 2.01. The molecule has 1 saturated carbocycles. The van der Waals surface area contributed by atoms with Crippen LogP contribution in [0.4, 0.5) is 10.1 Å². The molecule has 2 fully saturated rings. The first-order valence-electron chi connectivity index (χ1n) is 6.47. The summed E-state index contributed by atoms with van der Waals surface area (Å²) in [5, 5.41) is 6.13. The largest absolute Gasteiger partial charge is 0.326 e. The second-order valence-electron chi connectivity index (χ2n) is 5.37. The van der Waals surface area contributed by atoms with E-state index in [0.717, 1.165) is 32.4 Å². The maximum Gasteiger partial charge on any atom is 0.228 e. The third kappa shape index (κ3) is 2.12. The fraction of sp³-hybridized carbons (Fsp3) is 0.500. The highest BCUT2D eigenvalue weighted by molar-refractivity contribution is 5.95. The van der Waals surface area contributed by atoms with Crippen molar-refractivity contribution in [1.29, 1.82) is 0 Å². The normalized spacial score (nSPS) is 24.8. The molecule has 1 aromatic carbocycles. The van der Waals surface area contributed by atoms with Crippen LogP contribution in [0.25, 0.3) is 0 Å². The molecule has 0 bridgehead atoms. The molecule has 2 aliphatic rings. The van der Waals surface area contributed by atoms with Gasteiger partial charge >= 0.3 is 0 Å². The average molecular weight is 248 g/mol. The highest BCUT2D eigenvalue weighted by Crippen LogP contribution is 2.58. The number of piperidine rings is 1. The van der Waals surface area contributed by atoms with Crippen molar-refractivity contribution in [2.24, 2.45) is 11.3 Å². The predicted molar refractivity (Wildman–Crippen MR) is 67.7 cm³/mol. The van der Waals surface area contributed by atoms with Gasteiger partial charge in [0.2, 0.25) is 5.91 Å². The summed E-state index contributed by atoms with van der Waals surface area (Å²) >= 11 is 0. The molecule has 0 radical (unpaired) electrons. The van der Waals surface area contributed by atoms with Crippen molar-refractivity contribution in [3.05, 3.63) is 30.1 Å². The maximum atomic E-state index is 13.0. The van der Waals surface area contributed by atoms with Crippen molar-refractivity contribution < 1.29 is 9.18 Å². The lowest BCUT2D eigenvalue weighted by molar-refractivity contribution is -0.118. The number of hydrogen-bond donors (Lipinski definition) is 2. The van der Waals surface area contributed by atoms with E-state index < -0.39 is 0 Å². The van der Waals surface area contributed by atoms with Crippen LogP contribution >= 0.6 is 0 Å². The minimum atomic E-state index is -0.319. The van der Waals surface area contributed by atoms with Gasteiger partial charge in [0.05, 0.1) is 0 Å². The first-order chi connectivity index (χ1) is 8.70. The molecule has 96 valence electrons. The van der Waals surface area contributed by atoms with Gasteiger partial charge in [0.25, 0.3) is 0 Å². The van der Waals surface area contributed by atoms with E-state index in [0.29, 0.717) is 5.69 Å². The van der Waals surface area contributed by atoms with Gasteiger partial charge in [0.15, 0.2) is 0 Å². The molecule has 1 aliphatic heterocycles. The van der Waals surface area contributed by atoms with Crippen LogP contribution in [0, 0.1) is 17.2 Å². The highest BCUT2D eigenvalue weighted by Gasteiger charge is 2.57. The Morgan fingerprint density at radius 3 is 2.89 bits per heavy atom. The minimum absolute atomic E-state index is 0.0440. The summed E-state index contributed by atoms with van der Waals surface area (Å²) in [5.74, 6) is -0.162. The first-order valence-corrected chi connectivity index (χ1v) is 6.47. The standard InChI is InChI=1S/C14H17FN2O/c15-10-2-1-3-11(8-10)17-13(18)12-9-14(12)4-6-16-7-5-14/h1-3,8,12,16H,4-7,9H2,(H,17,18)/t12-/m1/s1. The fourth-order valence-corrected chi connectivity index (χ4v) is 2.99. The zero-order chi connectivity index (χ0) is 12.6. The Kier molecular flexibility index (Phi) is 2.82. The topological polar surface area (TPSA) is 41.1 Å². The third-order valence-corrected chi connectivity index (χ3v) is 4.20. The number of rotatable bonds is 2. The maximum absolute atomic E-state index is 13.0. The van der Waals surface area contributed by atoms with Crippen molar-refractivity contribution in [1.82, 2.24) is 5.32 Å². The summed E-state index contributed by atoms with van der Waals surface area (Å²) < 4.78 is 13.0. The summed E-state index contributed by atoms with van der Waals surface area (Å²) in [4.78, 5) is 12.1. The average Bonchev–Trinajstić information content (AvgIpc) is 3.04. The van der Waals surface area contributed by atoms with Crippen molar-refractivity contribution in [3.8, 4) is 0 Å². The van der Waals surface area contributed by atoms with Crippen molar-refractivity contribution in [2.75, 3.05) is 18.4 Å². The molecule has 3 nitrogen and oxygen atoms in total. The quantitative estimate of drug-likeness (QED) is 0.842. The van der Waals surface area contributed by atoms with Crippen molar-refractivity contribution in [3.63, 3.8) is 0 Å². The molecule has 1 spiro atoms. The monoisotopic (exact) mass is 248 g/mol. The molecule has 0 aromatic heterocycles. The first kappa shape index (κ1) is 11.7. The van der Waals surface area contributed by atoms with Gasteiger partial charge in [-0.1, -0.05) is 6.07 Å². The van der Waals surface area contributed by atoms with E-state index >= 15 is 0 Å². The van der Waals surface area contributed by atoms with Crippen molar-refractivity contribution >= 4 is 11.6 Å². The molecule has 1 aromatic rings. The van der Waals surface area contributed by atoms with Gasteiger partial charge in [0, 0.05) is 11.6 Å². The van der Waals surface area contributed by atoms with Crippen LogP contribution in [-0.2, 0) is 4.79 Å². The molecule has 1 saturated heterocycles. The van der Waals surface area contributed by atoms with E-state index in [2.05, 4.69) is 10.6 Å². The van der Waals surface area contributed by atoms with Gasteiger partial charge in [-0.15, -0.1) is 0 Å². The Hall–Kier alpha value is -1.42. The molecule has 1 amide bonds. The molecule has 1 atom stereocenters. The molecule has 1 aliphatic carbocycles. The van der Waals surface area contributed by atoms with Crippen LogP contribution in [0.1, 0.15) is 19.3 Å². The Labute approximate surface area is 106 Å². The van der Waals surface area contributed by atoms with Crippen LogP contribution in [0.5, 0.6) is 0 Å². The van der Waals surface area contributed by atoms with E-state index in [1.807, 2.05) is 0 Å². The molecule has 3 rings (SSSR count). The van der Waals surface area contributed by atoms with Gasteiger partial charge < -0.3 is 10.6 Å². The van der Waals surface area contributed by atoms with Crippen LogP contribution < -0.4 is 10.6 Å². The number of carbonyl (C=O) groups excluding carboxylic acids is 1. The van der Waals surface area contributed by atoms with Gasteiger partial charge in [0.1, 0.15) is 5.82 Å². The van der Waals surface area contributed by atoms with Gasteiger partial charge in [-0.3, -0.25) is 4.79 Å². The third-order valence-electron chi connectivity index (χ3n) is 4.20. The lowest BCUT2D eigenvalue weighted by Crippen LogP contribution is -2.31. The number of anilines is 1. The number of benzene rings is 1. The molecule has 2 N–H and O–H groups in total. The molecule has 4 heteroatoms. The number of amides is 1. The molecule has 1 heterocycles. The molecule has 0 unspecified atom stereocenters. The van der Waals surface area contributed by atoms with Crippen LogP contribution in [-0.4, -0.2) is 19.0 Å². The molecule has 18 heavy (non-hydrogen) atoms. The van der Waals surface area contributed by atoms with E-state index in [1.165, 1.54) is 12.1 Å². The smallest absolute Gasteiger partial charge is 0.228 e. The molecular weight excluding hydrogens is 231 g/mol. The predicted octanol–water partition coefficient (Wildman–Crippen LogP) is 2.15. The molecular formula is C14H17FN2O. The minimum Gasteiger partial charge on any atom is -0.326 e. The summed E-state index contributed by atoms with van der Waals surface area (Å²) in [6, 6.07) is 6.06. The zero-order valence-corrected chi connectivity index (χ0v) is 10.2. The number of nitrogens with one attached hydrogen (secondary N) is 2. The summed E-state index contributed by atoms with van der Waals surface area (Å²) in [6.07, 6.45) is 3.14. The number of carbonyl (C=O) groups is 1. The van der Waals surface area contributed by atoms with E-state index in [4.69, 9.17) is 0 Å².